The zero-order chi connectivity index (χ0) is 26.1. The predicted octanol–water partition coefficient (Wildman–Crippen LogP) is 2.46. The average molecular weight is 501 g/mol. The third-order valence-corrected chi connectivity index (χ3v) is 9.71. The van der Waals surface area contributed by atoms with E-state index >= 15 is 0 Å². The van der Waals surface area contributed by atoms with Gasteiger partial charge in [0.25, 0.3) is 5.91 Å². The van der Waals surface area contributed by atoms with Crippen LogP contribution in [0.4, 0.5) is 0 Å². The van der Waals surface area contributed by atoms with Crippen molar-refractivity contribution in [2.24, 2.45) is 28.4 Å². The first-order chi connectivity index (χ1) is 17.2. The van der Waals surface area contributed by atoms with Crippen LogP contribution in [-0.4, -0.2) is 59.6 Å². The molecule has 8 nitrogen and oxygen atoms in total. The van der Waals surface area contributed by atoms with Gasteiger partial charge in [0.1, 0.15) is 6.04 Å². The first-order valence-corrected chi connectivity index (χ1v) is 14.0. The van der Waals surface area contributed by atoms with E-state index in [0.29, 0.717) is 25.3 Å². The minimum absolute atomic E-state index is 0.0785. The SMILES string of the molecule is C=CCNC(=O)C(=O)C(CCC)NC(=O)[C@@H]1[C@H]2CCC3(CC3)[C@H]2CN1C(=O)[C@@H](N)C1(C)CCCCC1. The Kier molecular flexibility index (Phi) is 7.93. The topological polar surface area (TPSA) is 122 Å². The van der Waals surface area contributed by atoms with Gasteiger partial charge in [-0.05, 0) is 67.6 Å². The van der Waals surface area contributed by atoms with Crippen LogP contribution in [0.3, 0.4) is 0 Å². The number of hydrogen-bond donors (Lipinski definition) is 3. The molecule has 0 radical (unpaired) electrons. The molecule has 1 spiro atoms. The molecule has 0 aromatic rings. The summed E-state index contributed by atoms with van der Waals surface area (Å²) >= 11 is 0. The zero-order valence-electron chi connectivity index (χ0n) is 22.0. The molecule has 0 aromatic carbocycles. The maximum Gasteiger partial charge on any atom is 0.289 e. The average Bonchev–Trinajstić information content (AvgIpc) is 3.44. The Morgan fingerprint density at radius 1 is 1.11 bits per heavy atom. The fourth-order valence-electron chi connectivity index (χ4n) is 7.27. The zero-order valence-corrected chi connectivity index (χ0v) is 22.0. The molecule has 1 aliphatic heterocycles. The molecule has 0 aromatic heterocycles. The monoisotopic (exact) mass is 500 g/mol. The van der Waals surface area contributed by atoms with E-state index in [-0.39, 0.29) is 35.1 Å². The van der Waals surface area contributed by atoms with Crippen molar-refractivity contribution in [1.82, 2.24) is 15.5 Å². The summed E-state index contributed by atoms with van der Waals surface area (Å²) < 4.78 is 0. The van der Waals surface area contributed by atoms with Crippen LogP contribution in [0.1, 0.15) is 84.5 Å². The van der Waals surface area contributed by atoms with Crippen molar-refractivity contribution in [1.29, 1.82) is 0 Å². The predicted molar refractivity (Wildman–Crippen MR) is 138 cm³/mol. The molecule has 5 atom stereocenters. The molecule has 1 heterocycles. The number of rotatable bonds is 10. The van der Waals surface area contributed by atoms with Crippen molar-refractivity contribution in [3.8, 4) is 0 Å². The number of ketones is 1. The number of fused-ring (bicyclic) bond motifs is 2. The summed E-state index contributed by atoms with van der Waals surface area (Å²) in [4.78, 5) is 54.6. The fourth-order valence-corrected chi connectivity index (χ4v) is 7.27. The molecule has 36 heavy (non-hydrogen) atoms. The lowest BCUT2D eigenvalue weighted by molar-refractivity contribution is -0.144. The number of carbonyl (C=O) groups is 4. The maximum atomic E-state index is 13.9. The number of amides is 3. The molecule has 8 heteroatoms. The number of Topliss-reactive ketones (excluding diaryl/α,β-unsaturated/α-hetero) is 1. The van der Waals surface area contributed by atoms with E-state index in [1.165, 1.54) is 12.5 Å². The van der Waals surface area contributed by atoms with Gasteiger partial charge in [-0.15, -0.1) is 6.58 Å². The van der Waals surface area contributed by atoms with Crippen LogP contribution in [0.25, 0.3) is 0 Å². The summed E-state index contributed by atoms with van der Waals surface area (Å²) in [6.45, 7) is 8.33. The third-order valence-electron chi connectivity index (χ3n) is 9.71. The smallest absolute Gasteiger partial charge is 0.289 e. The molecule has 4 N–H and O–H groups in total. The molecule has 1 unspecified atom stereocenters. The van der Waals surface area contributed by atoms with E-state index in [0.717, 1.165) is 51.4 Å². The highest BCUT2D eigenvalue weighted by Gasteiger charge is 2.64. The van der Waals surface area contributed by atoms with E-state index in [2.05, 4.69) is 24.1 Å². The van der Waals surface area contributed by atoms with Crippen molar-refractivity contribution < 1.29 is 19.2 Å². The lowest BCUT2D eigenvalue weighted by atomic mass is 9.70. The molecule has 1 saturated heterocycles. The number of hydrogen-bond acceptors (Lipinski definition) is 5. The highest BCUT2D eigenvalue weighted by Crippen LogP contribution is 2.66. The Morgan fingerprint density at radius 2 is 1.81 bits per heavy atom. The Morgan fingerprint density at radius 3 is 2.42 bits per heavy atom. The Labute approximate surface area is 215 Å². The van der Waals surface area contributed by atoms with Gasteiger partial charge in [-0.1, -0.05) is 45.6 Å². The van der Waals surface area contributed by atoms with E-state index in [1.807, 2.05) is 6.92 Å². The van der Waals surface area contributed by atoms with Crippen LogP contribution < -0.4 is 16.4 Å². The van der Waals surface area contributed by atoms with E-state index < -0.39 is 29.8 Å². The van der Waals surface area contributed by atoms with Crippen molar-refractivity contribution in [3.05, 3.63) is 12.7 Å². The molecular formula is C28H44N4O4. The fraction of sp³-hybridized carbons (Fsp3) is 0.786. The van der Waals surface area contributed by atoms with Crippen molar-refractivity contribution >= 4 is 23.5 Å². The Bertz CT molecular complexity index is 892. The van der Waals surface area contributed by atoms with E-state index in [9.17, 15) is 19.2 Å². The molecule has 0 bridgehead atoms. The number of nitrogens with two attached hydrogens (primary N) is 1. The minimum Gasteiger partial charge on any atom is -0.346 e. The highest BCUT2D eigenvalue weighted by atomic mass is 16.2. The molecule has 4 fully saturated rings. The van der Waals surface area contributed by atoms with Crippen LogP contribution in [0.15, 0.2) is 12.7 Å². The van der Waals surface area contributed by atoms with Crippen molar-refractivity contribution in [3.63, 3.8) is 0 Å². The standard InChI is InChI=1S/C28H44N4O4/c1-4-9-20(22(33)25(35)30-16-5-2)31-24(34)21-18-10-13-28(14-15-28)19(18)17-32(21)26(36)23(29)27(3)11-7-6-8-12-27/h5,18-21,23H,2,4,6-17,29H2,1,3H3,(H,30,35)(H,31,34)/t18-,19-,20?,21-,23+/m0/s1. The Balaban J connectivity index is 1.54. The summed E-state index contributed by atoms with van der Waals surface area (Å²) in [7, 11) is 0. The van der Waals surface area contributed by atoms with Gasteiger partial charge in [0, 0.05) is 13.1 Å². The second-order valence-electron chi connectivity index (χ2n) is 12.0. The van der Waals surface area contributed by atoms with Gasteiger partial charge in [0.05, 0.1) is 12.1 Å². The van der Waals surface area contributed by atoms with Gasteiger partial charge in [-0.25, -0.2) is 0 Å². The normalized spacial score (nSPS) is 29.2. The van der Waals surface area contributed by atoms with Gasteiger partial charge in [0.2, 0.25) is 17.6 Å². The highest BCUT2D eigenvalue weighted by molar-refractivity contribution is 6.38. The number of nitrogens with one attached hydrogen (secondary N) is 2. The molecule has 200 valence electrons. The van der Waals surface area contributed by atoms with Gasteiger partial charge >= 0.3 is 0 Å². The summed E-state index contributed by atoms with van der Waals surface area (Å²) in [5.41, 5.74) is 6.66. The minimum atomic E-state index is -0.913. The van der Waals surface area contributed by atoms with Crippen LogP contribution in [0.5, 0.6) is 0 Å². The summed E-state index contributed by atoms with van der Waals surface area (Å²) in [6, 6.07) is -2.19. The largest absolute Gasteiger partial charge is 0.346 e. The molecule has 3 amide bonds. The Hall–Kier alpha value is -2.22. The second-order valence-corrected chi connectivity index (χ2v) is 12.0. The summed E-state index contributed by atoms with van der Waals surface area (Å²) in [5.74, 6) is -1.45. The molecule has 3 saturated carbocycles. The first kappa shape index (κ1) is 26.8. The molecular weight excluding hydrogens is 456 g/mol. The van der Waals surface area contributed by atoms with E-state index in [1.54, 1.807) is 4.90 Å². The summed E-state index contributed by atoms with van der Waals surface area (Å²) in [6.07, 6.45) is 12.0. The lowest BCUT2D eigenvalue weighted by Gasteiger charge is -2.40. The third kappa shape index (κ3) is 4.98. The van der Waals surface area contributed by atoms with Crippen LogP contribution >= 0.6 is 0 Å². The first-order valence-electron chi connectivity index (χ1n) is 14.0. The van der Waals surface area contributed by atoms with Crippen molar-refractivity contribution in [2.75, 3.05) is 13.1 Å². The van der Waals surface area contributed by atoms with Crippen LogP contribution in [0, 0.1) is 22.7 Å². The van der Waals surface area contributed by atoms with Crippen LogP contribution in [-0.2, 0) is 19.2 Å². The number of likely N-dealkylation sites (tertiary alicyclic amines) is 1. The maximum absolute atomic E-state index is 13.9. The van der Waals surface area contributed by atoms with Gasteiger partial charge in [-0.3, -0.25) is 19.2 Å². The van der Waals surface area contributed by atoms with Crippen LogP contribution in [0.2, 0.25) is 0 Å². The molecule has 4 rings (SSSR count). The van der Waals surface area contributed by atoms with Gasteiger partial charge in [0.15, 0.2) is 0 Å². The number of nitrogens with zero attached hydrogens (tertiary/aromatic N) is 1. The van der Waals surface area contributed by atoms with Gasteiger partial charge < -0.3 is 21.3 Å². The molecule has 3 aliphatic carbocycles. The van der Waals surface area contributed by atoms with Crippen molar-refractivity contribution in [2.45, 2.75) is 103 Å². The number of carbonyl (C=O) groups excluding carboxylic acids is 4. The summed E-state index contributed by atoms with van der Waals surface area (Å²) in [5, 5.41) is 5.39. The lowest BCUT2D eigenvalue weighted by Crippen LogP contribution is -2.59. The quantitative estimate of drug-likeness (QED) is 0.314. The van der Waals surface area contributed by atoms with E-state index in [4.69, 9.17) is 5.73 Å². The molecule has 4 aliphatic rings. The second kappa shape index (κ2) is 10.6. The van der Waals surface area contributed by atoms with Gasteiger partial charge in [-0.2, -0.15) is 0 Å².